The summed E-state index contributed by atoms with van der Waals surface area (Å²) < 4.78 is 2.03. The van der Waals surface area contributed by atoms with E-state index >= 15 is 0 Å². The Morgan fingerprint density at radius 3 is 2.88 bits per heavy atom. The summed E-state index contributed by atoms with van der Waals surface area (Å²) in [7, 11) is 0. The fourth-order valence-electron chi connectivity index (χ4n) is 2.13. The van der Waals surface area contributed by atoms with Crippen LogP contribution in [0.25, 0.3) is 0 Å². The molecular weight excluding hydrogens is 234 g/mol. The predicted octanol–water partition coefficient (Wildman–Crippen LogP) is 3.27. The van der Waals surface area contributed by atoms with Gasteiger partial charge in [0.2, 0.25) is 0 Å². The lowest BCUT2D eigenvalue weighted by Gasteiger charge is -2.09. The van der Waals surface area contributed by atoms with Gasteiger partial charge in [0.1, 0.15) is 12.2 Å². The maximum absolute atomic E-state index is 6.30. The first-order valence-electron chi connectivity index (χ1n) is 6.67. The Balaban J connectivity index is 1.75. The van der Waals surface area contributed by atoms with Crippen LogP contribution < -0.4 is 0 Å². The van der Waals surface area contributed by atoms with Crippen molar-refractivity contribution in [3.8, 4) is 0 Å². The predicted molar refractivity (Wildman–Crippen MR) is 70.2 cm³/mol. The van der Waals surface area contributed by atoms with Gasteiger partial charge in [-0.15, -0.1) is 11.6 Å². The van der Waals surface area contributed by atoms with Crippen molar-refractivity contribution in [2.45, 2.75) is 57.9 Å². The van der Waals surface area contributed by atoms with Gasteiger partial charge in [0.15, 0.2) is 0 Å². The molecule has 1 aliphatic rings. The molecular formula is C13H22ClN3. The molecule has 1 aromatic rings. The van der Waals surface area contributed by atoms with Gasteiger partial charge < -0.3 is 0 Å². The van der Waals surface area contributed by atoms with Crippen molar-refractivity contribution in [2.24, 2.45) is 11.8 Å². The molecule has 96 valence electrons. The molecule has 3 nitrogen and oxygen atoms in total. The van der Waals surface area contributed by atoms with E-state index in [4.69, 9.17) is 11.6 Å². The number of halogens is 1. The number of aryl methyl sites for hydroxylation is 1. The zero-order valence-electron chi connectivity index (χ0n) is 10.8. The summed E-state index contributed by atoms with van der Waals surface area (Å²) >= 11 is 6.30. The fourth-order valence-corrected chi connectivity index (χ4v) is 2.54. The van der Waals surface area contributed by atoms with Crippen LogP contribution in [-0.2, 0) is 13.0 Å². The Bertz CT molecular complexity index is 344. The fraction of sp³-hybridized carbons (Fsp3) is 0.846. The number of rotatable bonds is 7. The first kappa shape index (κ1) is 12.9. The third-order valence-corrected chi connectivity index (χ3v) is 3.82. The highest BCUT2D eigenvalue weighted by Gasteiger charge is 2.29. The van der Waals surface area contributed by atoms with Crippen molar-refractivity contribution in [3.63, 3.8) is 0 Å². The number of nitrogens with zero attached hydrogens (tertiary/aromatic N) is 3. The summed E-state index contributed by atoms with van der Waals surface area (Å²) in [6, 6.07) is 0. The summed E-state index contributed by atoms with van der Waals surface area (Å²) in [6.45, 7) is 5.36. The summed E-state index contributed by atoms with van der Waals surface area (Å²) in [5.41, 5.74) is 0. The molecule has 0 spiro atoms. The van der Waals surface area contributed by atoms with Crippen molar-refractivity contribution in [2.75, 3.05) is 0 Å². The minimum atomic E-state index is 0.386. The normalized spacial score (nSPS) is 17.6. The average Bonchev–Trinajstić information content (AvgIpc) is 3.03. The van der Waals surface area contributed by atoms with Gasteiger partial charge in [-0.1, -0.05) is 13.8 Å². The second-order valence-corrected chi connectivity index (χ2v) is 6.06. The molecule has 1 saturated carbocycles. The molecule has 0 amide bonds. The highest BCUT2D eigenvalue weighted by atomic mass is 35.5. The van der Waals surface area contributed by atoms with Gasteiger partial charge in [0, 0.05) is 18.3 Å². The molecule has 0 radical (unpaired) electrons. The molecule has 17 heavy (non-hydrogen) atoms. The highest BCUT2D eigenvalue weighted by Crippen LogP contribution is 2.37. The second-order valence-electron chi connectivity index (χ2n) is 5.50. The van der Waals surface area contributed by atoms with Crippen molar-refractivity contribution in [1.82, 2.24) is 14.8 Å². The number of aromatic nitrogens is 3. The molecule has 1 unspecified atom stereocenters. The van der Waals surface area contributed by atoms with E-state index in [0.29, 0.717) is 11.3 Å². The largest absolute Gasteiger partial charge is 0.250 e. The first-order chi connectivity index (χ1) is 8.16. The van der Waals surface area contributed by atoms with E-state index in [9.17, 15) is 0 Å². The molecule has 0 N–H and O–H groups in total. The number of hydrogen-bond acceptors (Lipinski definition) is 2. The maximum atomic E-state index is 6.30. The van der Waals surface area contributed by atoms with Crippen molar-refractivity contribution < 1.29 is 0 Å². The molecule has 0 aromatic carbocycles. The van der Waals surface area contributed by atoms with Crippen LogP contribution in [0, 0.1) is 11.8 Å². The van der Waals surface area contributed by atoms with Crippen LogP contribution in [0.4, 0.5) is 0 Å². The summed E-state index contributed by atoms with van der Waals surface area (Å²) in [6.07, 6.45) is 7.57. The van der Waals surface area contributed by atoms with Crippen molar-refractivity contribution in [3.05, 3.63) is 12.2 Å². The zero-order valence-corrected chi connectivity index (χ0v) is 11.5. The van der Waals surface area contributed by atoms with E-state index in [2.05, 4.69) is 23.9 Å². The number of hydrogen-bond donors (Lipinski definition) is 0. The third-order valence-electron chi connectivity index (χ3n) is 3.25. The van der Waals surface area contributed by atoms with Crippen LogP contribution in [-0.4, -0.2) is 20.1 Å². The molecule has 1 heterocycles. The summed E-state index contributed by atoms with van der Waals surface area (Å²) in [4.78, 5) is 4.34. The Morgan fingerprint density at radius 1 is 1.47 bits per heavy atom. The first-order valence-corrected chi connectivity index (χ1v) is 7.11. The maximum Gasteiger partial charge on any atom is 0.138 e. The van der Waals surface area contributed by atoms with Crippen LogP contribution in [0.3, 0.4) is 0 Å². The molecule has 1 atom stereocenters. The smallest absolute Gasteiger partial charge is 0.138 e. The zero-order chi connectivity index (χ0) is 12.3. The van der Waals surface area contributed by atoms with E-state index in [1.165, 1.54) is 12.8 Å². The summed E-state index contributed by atoms with van der Waals surface area (Å²) in [5.74, 6) is 2.52. The standard InChI is InChI=1S/C13H22ClN3/c1-10(2)8-17-13(15-9-16-17)5-3-4-12(14)11-6-7-11/h9-12H,3-8H2,1-2H3. The van der Waals surface area contributed by atoms with Crippen LogP contribution in [0.1, 0.15) is 45.4 Å². The van der Waals surface area contributed by atoms with Gasteiger partial charge in [-0.2, -0.15) is 5.10 Å². The Hall–Kier alpha value is -0.570. The lowest BCUT2D eigenvalue weighted by Crippen LogP contribution is -2.11. The molecule has 1 aromatic heterocycles. The van der Waals surface area contributed by atoms with Crippen molar-refractivity contribution in [1.29, 1.82) is 0 Å². The Morgan fingerprint density at radius 2 is 2.24 bits per heavy atom. The average molecular weight is 256 g/mol. The topological polar surface area (TPSA) is 30.7 Å². The number of alkyl halides is 1. The van der Waals surface area contributed by atoms with Crippen LogP contribution in [0.2, 0.25) is 0 Å². The molecule has 0 bridgehead atoms. The van der Waals surface area contributed by atoms with E-state index < -0.39 is 0 Å². The molecule has 0 saturated heterocycles. The minimum absolute atomic E-state index is 0.386. The van der Waals surface area contributed by atoms with Crippen molar-refractivity contribution >= 4 is 11.6 Å². The van der Waals surface area contributed by atoms with E-state index in [1.54, 1.807) is 6.33 Å². The second kappa shape index (κ2) is 5.85. The summed E-state index contributed by atoms with van der Waals surface area (Å²) in [5, 5.41) is 4.66. The van der Waals surface area contributed by atoms with Gasteiger partial charge in [-0.3, -0.25) is 0 Å². The van der Waals surface area contributed by atoms with Gasteiger partial charge in [0.05, 0.1) is 0 Å². The van der Waals surface area contributed by atoms with Crippen LogP contribution in [0.5, 0.6) is 0 Å². The lowest BCUT2D eigenvalue weighted by molar-refractivity contribution is 0.461. The van der Waals surface area contributed by atoms with E-state index in [-0.39, 0.29) is 0 Å². The molecule has 2 rings (SSSR count). The van der Waals surface area contributed by atoms with E-state index in [1.807, 2.05) is 4.68 Å². The van der Waals surface area contributed by atoms with E-state index in [0.717, 1.165) is 37.5 Å². The van der Waals surface area contributed by atoms with Crippen LogP contribution >= 0.6 is 11.6 Å². The van der Waals surface area contributed by atoms with Gasteiger partial charge >= 0.3 is 0 Å². The van der Waals surface area contributed by atoms with Crippen LogP contribution in [0.15, 0.2) is 6.33 Å². The molecule has 0 aliphatic heterocycles. The minimum Gasteiger partial charge on any atom is -0.250 e. The SMILES string of the molecule is CC(C)Cn1ncnc1CCCC(Cl)C1CC1. The van der Waals surface area contributed by atoms with Gasteiger partial charge in [0.25, 0.3) is 0 Å². The quantitative estimate of drug-likeness (QED) is 0.700. The molecule has 4 heteroatoms. The molecule has 1 fully saturated rings. The Kier molecular flexibility index (Phi) is 4.43. The third kappa shape index (κ3) is 3.98. The lowest BCUT2D eigenvalue weighted by atomic mass is 10.1. The molecule has 1 aliphatic carbocycles. The monoisotopic (exact) mass is 255 g/mol. The van der Waals surface area contributed by atoms with Gasteiger partial charge in [-0.25, -0.2) is 9.67 Å². The Labute approximate surface area is 109 Å². The van der Waals surface area contributed by atoms with Gasteiger partial charge in [-0.05, 0) is 37.5 Å². The highest BCUT2D eigenvalue weighted by molar-refractivity contribution is 6.20.